The summed E-state index contributed by atoms with van der Waals surface area (Å²) in [5, 5.41) is 6.05. The van der Waals surface area contributed by atoms with Gasteiger partial charge in [0.1, 0.15) is 24.9 Å². The fraction of sp³-hybridized carbons (Fsp3) is 0.412. The Morgan fingerprint density at radius 2 is 2.33 bits per heavy atom. The SMILES string of the molecule is CCC1COC(Cn2cncn2)(c2occ3cc(OC)ccc23)O1. The number of fused-ring (bicyclic) bond motifs is 1. The molecule has 1 aliphatic heterocycles. The Balaban J connectivity index is 1.79. The monoisotopic (exact) mass is 329 g/mol. The molecule has 0 amide bonds. The average Bonchev–Trinajstić information content (AvgIpc) is 3.34. The number of hydrogen-bond acceptors (Lipinski definition) is 6. The van der Waals surface area contributed by atoms with Gasteiger partial charge in [-0.2, -0.15) is 5.10 Å². The van der Waals surface area contributed by atoms with Crippen LogP contribution in [0.5, 0.6) is 5.75 Å². The van der Waals surface area contributed by atoms with Gasteiger partial charge in [0.2, 0.25) is 5.79 Å². The first kappa shape index (κ1) is 15.2. The topological polar surface area (TPSA) is 71.5 Å². The lowest BCUT2D eigenvalue weighted by Crippen LogP contribution is -2.33. The molecule has 126 valence electrons. The Morgan fingerprint density at radius 1 is 1.42 bits per heavy atom. The highest BCUT2D eigenvalue weighted by Gasteiger charge is 2.47. The van der Waals surface area contributed by atoms with Crippen molar-refractivity contribution in [3.8, 4) is 5.75 Å². The van der Waals surface area contributed by atoms with Crippen LogP contribution in [0.25, 0.3) is 10.8 Å². The van der Waals surface area contributed by atoms with Crippen LogP contribution >= 0.6 is 0 Å². The second-order valence-corrected chi connectivity index (χ2v) is 5.82. The van der Waals surface area contributed by atoms with Crippen molar-refractivity contribution in [1.29, 1.82) is 0 Å². The normalized spacial score (nSPS) is 23.8. The fourth-order valence-electron chi connectivity index (χ4n) is 3.02. The number of furan rings is 1. The number of methoxy groups -OCH3 is 1. The highest BCUT2D eigenvalue weighted by molar-refractivity contribution is 5.86. The molecule has 0 radical (unpaired) electrons. The van der Waals surface area contributed by atoms with Crippen LogP contribution in [0.4, 0.5) is 0 Å². The summed E-state index contributed by atoms with van der Waals surface area (Å²) in [4.78, 5) is 3.99. The maximum Gasteiger partial charge on any atom is 0.249 e. The van der Waals surface area contributed by atoms with Crippen molar-refractivity contribution >= 4 is 10.8 Å². The molecule has 0 bridgehead atoms. The first-order valence-corrected chi connectivity index (χ1v) is 7.94. The average molecular weight is 329 g/mol. The van der Waals surface area contributed by atoms with Crippen molar-refractivity contribution in [2.75, 3.05) is 13.7 Å². The van der Waals surface area contributed by atoms with E-state index in [0.717, 1.165) is 22.9 Å². The molecule has 2 atom stereocenters. The molecule has 7 nitrogen and oxygen atoms in total. The Morgan fingerprint density at radius 3 is 3.04 bits per heavy atom. The van der Waals surface area contributed by atoms with E-state index in [0.29, 0.717) is 18.9 Å². The standard InChI is InChI=1S/C17H19N3O4/c1-3-13-8-23-17(24-13,9-20-11-18-10-19-20)16-15-5-4-14(21-2)6-12(15)7-22-16/h4-7,10-11,13H,3,8-9H2,1-2H3. The summed E-state index contributed by atoms with van der Waals surface area (Å²) in [6.45, 7) is 2.96. The molecular formula is C17H19N3O4. The molecule has 1 aromatic carbocycles. The van der Waals surface area contributed by atoms with Gasteiger partial charge in [-0.05, 0) is 24.6 Å². The number of benzene rings is 1. The van der Waals surface area contributed by atoms with Crippen LogP contribution in [-0.2, 0) is 21.8 Å². The molecule has 0 saturated carbocycles. The first-order chi connectivity index (χ1) is 11.7. The first-order valence-electron chi connectivity index (χ1n) is 7.94. The maximum atomic E-state index is 6.24. The number of ether oxygens (including phenoxy) is 3. The molecule has 1 saturated heterocycles. The van der Waals surface area contributed by atoms with E-state index in [4.69, 9.17) is 18.6 Å². The van der Waals surface area contributed by atoms with Crippen molar-refractivity contribution in [2.45, 2.75) is 31.8 Å². The van der Waals surface area contributed by atoms with Gasteiger partial charge >= 0.3 is 0 Å². The zero-order valence-corrected chi connectivity index (χ0v) is 13.6. The minimum absolute atomic E-state index is 0.0203. The van der Waals surface area contributed by atoms with Gasteiger partial charge in [0.15, 0.2) is 5.76 Å². The Kier molecular flexibility index (Phi) is 3.74. The van der Waals surface area contributed by atoms with Crippen molar-refractivity contribution < 1.29 is 18.6 Å². The van der Waals surface area contributed by atoms with Gasteiger partial charge in [0.05, 0.1) is 26.1 Å². The summed E-state index contributed by atoms with van der Waals surface area (Å²) in [7, 11) is 1.64. The molecule has 0 N–H and O–H groups in total. The molecular weight excluding hydrogens is 310 g/mol. The third-order valence-corrected chi connectivity index (χ3v) is 4.30. The predicted octanol–water partition coefficient (Wildman–Crippen LogP) is 2.71. The fourth-order valence-corrected chi connectivity index (χ4v) is 3.02. The third-order valence-electron chi connectivity index (χ3n) is 4.30. The molecule has 2 aromatic heterocycles. The van der Waals surface area contributed by atoms with Crippen LogP contribution in [0.2, 0.25) is 0 Å². The summed E-state index contributed by atoms with van der Waals surface area (Å²) in [5.41, 5.74) is 0. The quantitative estimate of drug-likeness (QED) is 0.717. The zero-order chi connectivity index (χ0) is 16.6. The van der Waals surface area contributed by atoms with Gasteiger partial charge in [0, 0.05) is 10.8 Å². The Labute approximate surface area is 139 Å². The van der Waals surface area contributed by atoms with Gasteiger partial charge in [-0.25, -0.2) is 9.67 Å². The summed E-state index contributed by atoms with van der Waals surface area (Å²) in [5.74, 6) is 0.413. The van der Waals surface area contributed by atoms with Gasteiger partial charge in [0.25, 0.3) is 0 Å². The summed E-state index contributed by atoms with van der Waals surface area (Å²) >= 11 is 0. The molecule has 4 rings (SSSR count). The Bertz CT molecular complexity index is 830. The van der Waals surface area contributed by atoms with Crippen LogP contribution in [0.3, 0.4) is 0 Å². The number of aromatic nitrogens is 3. The lowest BCUT2D eigenvalue weighted by atomic mass is 10.1. The van der Waals surface area contributed by atoms with E-state index < -0.39 is 5.79 Å². The summed E-state index contributed by atoms with van der Waals surface area (Å²) in [6, 6.07) is 5.79. The molecule has 1 aliphatic rings. The van der Waals surface area contributed by atoms with E-state index in [1.54, 1.807) is 24.4 Å². The van der Waals surface area contributed by atoms with Crippen molar-refractivity contribution in [3.05, 3.63) is 42.9 Å². The van der Waals surface area contributed by atoms with E-state index in [9.17, 15) is 0 Å². The summed E-state index contributed by atoms with van der Waals surface area (Å²) in [6.07, 6.45) is 5.72. The van der Waals surface area contributed by atoms with Crippen LogP contribution in [0.1, 0.15) is 19.1 Å². The van der Waals surface area contributed by atoms with Crippen LogP contribution in [-0.4, -0.2) is 34.6 Å². The molecule has 1 fully saturated rings. The van der Waals surface area contributed by atoms with E-state index >= 15 is 0 Å². The minimum atomic E-state index is -1.01. The third kappa shape index (κ3) is 2.46. The smallest absolute Gasteiger partial charge is 0.249 e. The van der Waals surface area contributed by atoms with Gasteiger partial charge in [-0.3, -0.25) is 0 Å². The molecule has 24 heavy (non-hydrogen) atoms. The van der Waals surface area contributed by atoms with E-state index in [1.807, 2.05) is 18.2 Å². The van der Waals surface area contributed by atoms with Crippen LogP contribution in [0.15, 0.2) is 41.5 Å². The maximum absolute atomic E-state index is 6.24. The molecule has 0 aliphatic carbocycles. The molecule has 3 heterocycles. The highest BCUT2D eigenvalue weighted by atomic mass is 16.8. The number of hydrogen-bond donors (Lipinski definition) is 0. The van der Waals surface area contributed by atoms with Crippen LogP contribution < -0.4 is 4.74 Å². The van der Waals surface area contributed by atoms with Gasteiger partial charge in [-0.15, -0.1) is 0 Å². The van der Waals surface area contributed by atoms with Gasteiger partial charge in [-0.1, -0.05) is 6.92 Å². The van der Waals surface area contributed by atoms with E-state index in [2.05, 4.69) is 17.0 Å². The lowest BCUT2D eigenvalue weighted by Gasteiger charge is -2.26. The number of rotatable bonds is 5. The molecule has 2 unspecified atom stereocenters. The molecule has 7 heteroatoms. The number of nitrogens with zero attached hydrogens (tertiary/aromatic N) is 3. The highest BCUT2D eigenvalue weighted by Crippen LogP contribution is 2.41. The predicted molar refractivity (Wildman–Crippen MR) is 85.6 cm³/mol. The van der Waals surface area contributed by atoms with E-state index in [1.165, 1.54) is 6.33 Å². The molecule has 3 aromatic rings. The van der Waals surface area contributed by atoms with Crippen molar-refractivity contribution in [3.63, 3.8) is 0 Å². The Hall–Kier alpha value is -2.38. The van der Waals surface area contributed by atoms with Crippen LogP contribution in [0, 0.1) is 0 Å². The summed E-state index contributed by atoms with van der Waals surface area (Å²) < 4.78 is 25.2. The van der Waals surface area contributed by atoms with Crippen molar-refractivity contribution in [1.82, 2.24) is 14.8 Å². The van der Waals surface area contributed by atoms with E-state index in [-0.39, 0.29) is 6.10 Å². The second kappa shape index (κ2) is 5.92. The zero-order valence-electron chi connectivity index (χ0n) is 13.6. The minimum Gasteiger partial charge on any atom is -0.497 e. The molecule has 0 spiro atoms. The van der Waals surface area contributed by atoms with Crippen molar-refractivity contribution in [2.24, 2.45) is 0 Å². The largest absolute Gasteiger partial charge is 0.497 e. The lowest BCUT2D eigenvalue weighted by molar-refractivity contribution is -0.199. The van der Waals surface area contributed by atoms with Gasteiger partial charge < -0.3 is 18.6 Å². The second-order valence-electron chi connectivity index (χ2n) is 5.82.